The topological polar surface area (TPSA) is 24.5 Å². The molecule has 0 aromatic heterocycles. The van der Waals surface area contributed by atoms with Crippen molar-refractivity contribution in [3.63, 3.8) is 0 Å². The lowest BCUT2D eigenvalue weighted by Crippen LogP contribution is -2.49. The van der Waals surface area contributed by atoms with Gasteiger partial charge in [-0.05, 0) is 37.6 Å². The number of hydrogen-bond acceptors (Lipinski definition) is 3. The molecule has 3 heteroatoms. The van der Waals surface area contributed by atoms with Crippen molar-refractivity contribution in [2.75, 3.05) is 33.3 Å². The van der Waals surface area contributed by atoms with E-state index in [2.05, 4.69) is 24.1 Å². The molecule has 1 atom stereocenters. The fourth-order valence-electron chi connectivity index (χ4n) is 4.11. The van der Waals surface area contributed by atoms with Gasteiger partial charge in [0.25, 0.3) is 0 Å². The second-order valence-corrected chi connectivity index (χ2v) is 7.68. The van der Waals surface area contributed by atoms with Crippen LogP contribution in [0.4, 0.5) is 0 Å². The second-order valence-electron chi connectivity index (χ2n) is 7.68. The number of methoxy groups -OCH3 is 1. The van der Waals surface area contributed by atoms with Crippen molar-refractivity contribution in [2.24, 2.45) is 5.41 Å². The summed E-state index contributed by atoms with van der Waals surface area (Å²) in [6.45, 7) is 9.41. The first kappa shape index (κ1) is 17.2. The summed E-state index contributed by atoms with van der Waals surface area (Å²) in [5.74, 6) is 0. The smallest absolute Gasteiger partial charge is 0.0698 e. The van der Waals surface area contributed by atoms with Crippen molar-refractivity contribution in [3.05, 3.63) is 0 Å². The fourth-order valence-corrected chi connectivity index (χ4v) is 4.11. The molecule has 124 valence electrons. The monoisotopic (exact) mass is 296 g/mol. The van der Waals surface area contributed by atoms with Crippen LogP contribution < -0.4 is 5.32 Å². The third-order valence-corrected chi connectivity index (χ3v) is 5.40. The predicted octanol–water partition coefficient (Wildman–Crippen LogP) is 3.44. The van der Waals surface area contributed by atoms with Crippen LogP contribution in [0.1, 0.15) is 65.2 Å². The molecule has 0 bridgehead atoms. The first-order chi connectivity index (χ1) is 10.1. The molecule has 1 unspecified atom stereocenters. The van der Waals surface area contributed by atoms with E-state index in [-0.39, 0.29) is 0 Å². The van der Waals surface area contributed by atoms with Crippen molar-refractivity contribution in [3.8, 4) is 0 Å². The Kier molecular flexibility index (Phi) is 6.97. The van der Waals surface area contributed by atoms with E-state index in [1.807, 2.05) is 7.11 Å². The van der Waals surface area contributed by atoms with Gasteiger partial charge >= 0.3 is 0 Å². The Morgan fingerprint density at radius 3 is 2.48 bits per heavy atom. The molecule has 3 nitrogen and oxygen atoms in total. The largest absolute Gasteiger partial charge is 0.380 e. The predicted molar refractivity (Wildman–Crippen MR) is 89.7 cm³/mol. The van der Waals surface area contributed by atoms with Crippen LogP contribution in [0.3, 0.4) is 0 Å². The van der Waals surface area contributed by atoms with Gasteiger partial charge in [0.15, 0.2) is 0 Å². The van der Waals surface area contributed by atoms with Crippen LogP contribution in [0.25, 0.3) is 0 Å². The Morgan fingerprint density at radius 1 is 1.14 bits per heavy atom. The molecule has 1 saturated carbocycles. The molecule has 2 rings (SSSR count). The van der Waals surface area contributed by atoms with Crippen molar-refractivity contribution in [1.82, 2.24) is 10.2 Å². The van der Waals surface area contributed by atoms with E-state index in [1.165, 1.54) is 71.0 Å². The van der Waals surface area contributed by atoms with Crippen molar-refractivity contribution >= 4 is 0 Å². The molecule has 0 aromatic rings. The molecule has 0 amide bonds. The lowest BCUT2D eigenvalue weighted by molar-refractivity contribution is 0.0106. The third-order valence-electron chi connectivity index (χ3n) is 5.40. The van der Waals surface area contributed by atoms with Gasteiger partial charge in [-0.25, -0.2) is 0 Å². The van der Waals surface area contributed by atoms with E-state index < -0.39 is 0 Å². The van der Waals surface area contributed by atoms with Crippen molar-refractivity contribution in [1.29, 1.82) is 0 Å². The molecule has 1 aliphatic heterocycles. The molecular weight excluding hydrogens is 260 g/mol. The third kappa shape index (κ3) is 5.54. The normalized spacial score (nSPS) is 27.7. The Labute approximate surface area is 131 Å². The summed E-state index contributed by atoms with van der Waals surface area (Å²) in [7, 11) is 1.87. The van der Waals surface area contributed by atoms with Crippen LogP contribution in [-0.2, 0) is 4.74 Å². The zero-order valence-corrected chi connectivity index (χ0v) is 14.5. The molecule has 1 saturated heterocycles. The average molecular weight is 296 g/mol. The van der Waals surface area contributed by atoms with Gasteiger partial charge in [-0.3, -0.25) is 0 Å². The molecule has 21 heavy (non-hydrogen) atoms. The molecule has 2 aliphatic rings. The number of likely N-dealkylation sites (tertiary alicyclic amines) is 1. The Balaban J connectivity index is 1.96. The Morgan fingerprint density at radius 2 is 1.86 bits per heavy atom. The van der Waals surface area contributed by atoms with Crippen LogP contribution in [0.15, 0.2) is 0 Å². The molecule has 1 N–H and O–H groups in total. The molecule has 1 aliphatic carbocycles. The molecule has 0 aromatic carbocycles. The molecule has 1 heterocycles. The van der Waals surface area contributed by atoms with Crippen LogP contribution in [0, 0.1) is 5.41 Å². The van der Waals surface area contributed by atoms with Gasteiger partial charge in [0, 0.05) is 32.8 Å². The van der Waals surface area contributed by atoms with E-state index in [1.54, 1.807) is 0 Å². The first-order valence-electron chi connectivity index (χ1n) is 9.12. The van der Waals surface area contributed by atoms with E-state index >= 15 is 0 Å². The van der Waals surface area contributed by atoms with Crippen molar-refractivity contribution < 1.29 is 4.74 Å². The highest BCUT2D eigenvalue weighted by molar-refractivity contribution is 4.89. The minimum Gasteiger partial charge on any atom is -0.380 e. The lowest BCUT2D eigenvalue weighted by atomic mass is 9.79. The standard InChI is InChI=1S/C18H36N2O/c1-16(2)19-14-18(10-6-4-5-7-11-18)15-20-12-8-9-17(13-20)21-3/h16-17,19H,4-15H2,1-3H3. The zero-order chi connectivity index (χ0) is 15.1. The number of piperidine rings is 1. The molecule has 0 radical (unpaired) electrons. The van der Waals surface area contributed by atoms with E-state index in [0.717, 1.165) is 6.54 Å². The summed E-state index contributed by atoms with van der Waals surface area (Å²) in [5.41, 5.74) is 0.496. The van der Waals surface area contributed by atoms with Crippen LogP contribution in [-0.4, -0.2) is 50.3 Å². The summed E-state index contributed by atoms with van der Waals surface area (Å²) in [6.07, 6.45) is 11.5. The minimum absolute atomic E-state index is 0.458. The van der Waals surface area contributed by atoms with E-state index in [9.17, 15) is 0 Å². The highest BCUT2D eigenvalue weighted by Gasteiger charge is 2.34. The Hall–Kier alpha value is -0.120. The van der Waals surface area contributed by atoms with Gasteiger partial charge in [0.2, 0.25) is 0 Å². The van der Waals surface area contributed by atoms with Gasteiger partial charge < -0.3 is 15.0 Å². The minimum atomic E-state index is 0.458. The first-order valence-corrected chi connectivity index (χ1v) is 9.12. The van der Waals surface area contributed by atoms with Gasteiger partial charge in [0.05, 0.1) is 6.10 Å². The summed E-state index contributed by atoms with van der Waals surface area (Å²) in [6, 6.07) is 0.596. The summed E-state index contributed by atoms with van der Waals surface area (Å²) >= 11 is 0. The summed E-state index contributed by atoms with van der Waals surface area (Å²) < 4.78 is 5.61. The van der Waals surface area contributed by atoms with Crippen LogP contribution in [0.2, 0.25) is 0 Å². The van der Waals surface area contributed by atoms with E-state index in [4.69, 9.17) is 4.74 Å². The molecule has 0 spiro atoms. The number of hydrogen-bond donors (Lipinski definition) is 1. The second kappa shape index (κ2) is 8.50. The number of rotatable bonds is 6. The lowest BCUT2D eigenvalue weighted by Gasteiger charge is -2.41. The van der Waals surface area contributed by atoms with Gasteiger partial charge in [-0.2, -0.15) is 0 Å². The number of nitrogens with one attached hydrogen (secondary N) is 1. The number of ether oxygens (including phenoxy) is 1. The molecular formula is C18H36N2O. The summed E-state index contributed by atoms with van der Waals surface area (Å²) in [5, 5.41) is 3.74. The number of nitrogens with zero attached hydrogens (tertiary/aromatic N) is 1. The van der Waals surface area contributed by atoms with E-state index in [0.29, 0.717) is 17.6 Å². The van der Waals surface area contributed by atoms with Crippen molar-refractivity contribution in [2.45, 2.75) is 77.4 Å². The highest BCUT2D eigenvalue weighted by Crippen LogP contribution is 2.36. The Bertz CT molecular complexity index is 285. The maximum Gasteiger partial charge on any atom is 0.0698 e. The SMILES string of the molecule is COC1CCCN(CC2(CNC(C)C)CCCCCC2)C1. The maximum atomic E-state index is 5.61. The van der Waals surface area contributed by atoms with Crippen LogP contribution in [0.5, 0.6) is 0 Å². The fraction of sp³-hybridized carbons (Fsp3) is 1.00. The van der Waals surface area contributed by atoms with Gasteiger partial charge in [0.1, 0.15) is 0 Å². The maximum absolute atomic E-state index is 5.61. The van der Waals surface area contributed by atoms with Gasteiger partial charge in [-0.1, -0.05) is 39.5 Å². The quantitative estimate of drug-likeness (QED) is 0.760. The van der Waals surface area contributed by atoms with Crippen LogP contribution >= 0.6 is 0 Å². The summed E-state index contributed by atoms with van der Waals surface area (Å²) in [4.78, 5) is 2.69. The molecule has 2 fully saturated rings. The van der Waals surface area contributed by atoms with Gasteiger partial charge in [-0.15, -0.1) is 0 Å². The highest BCUT2D eigenvalue weighted by atomic mass is 16.5. The zero-order valence-electron chi connectivity index (χ0n) is 14.5. The average Bonchev–Trinajstić information content (AvgIpc) is 2.71.